The summed E-state index contributed by atoms with van der Waals surface area (Å²) in [5.41, 5.74) is 0. The molecule has 2 aliphatic rings. The maximum absolute atomic E-state index is 12.2. The molecule has 0 amide bonds. The van der Waals surface area contributed by atoms with Crippen molar-refractivity contribution in [3.63, 3.8) is 0 Å². The van der Waals surface area contributed by atoms with E-state index in [0.29, 0.717) is 17.6 Å². The van der Waals surface area contributed by atoms with E-state index in [0.717, 1.165) is 0 Å². The third kappa shape index (κ3) is 3.33. The summed E-state index contributed by atoms with van der Waals surface area (Å²) in [7, 11) is 0. The van der Waals surface area contributed by atoms with Crippen LogP contribution in [0.2, 0.25) is 0 Å². The van der Waals surface area contributed by atoms with Gasteiger partial charge in [-0.2, -0.15) is 0 Å². The minimum Gasteiger partial charge on any atom is -0.299 e. The SMILES string of the molecule is O=C1[C@@H]2CCCCCCCCC[C@H]1CCC2. The first-order chi connectivity index (χ1) is 7.88. The highest BCUT2D eigenvalue weighted by Crippen LogP contribution is 2.32. The van der Waals surface area contributed by atoms with E-state index < -0.39 is 0 Å². The van der Waals surface area contributed by atoms with Gasteiger partial charge in [0.05, 0.1) is 0 Å². The van der Waals surface area contributed by atoms with Crippen molar-refractivity contribution in [1.29, 1.82) is 0 Å². The first-order valence-corrected chi connectivity index (χ1v) is 7.41. The molecule has 2 atom stereocenters. The molecule has 0 heterocycles. The molecule has 0 N–H and O–H groups in total. The molecule has 0 spiro atoms. The average Bonchev–Trinajstić information content (AvgIpc) is 2.30. The van der Waals surface area contributed by atoms with Crippen LogP contribution in [0.15, 0.2) is 0 Å². The van der Waals surface area contributed by atoms with Gasteiger partial charge in [-0.05, 0) is 25.7 Å². The van der Waals surface area contributed by atoms with Crippen molar-refractivity contribution in [3.8, 4) is 0 Å². The largest absolute Gasteiger partial charge is 0.299 e. The monoisotopic (exact) mass is 222 g/mol. The topological polar surface area (TPSA) is 17.1 Å². The smallest absolute Gasteiger partial charge is 0.139 e. The number of Topliss-reactive ketones (excluding diaryl/α,β-unsaturated/α-hetero) is 1. The predicted octanol–water partition coefficient (Wildman–Crippen LogP) is 4.50. The van der Waals surface area contributed by atoms with Gasteiger partial charge in [0, 0.05) is 11.8 Å². The normalized spacial score (nSPS) is 33.9. The number of ketones is 1. The molecule has 1 nitrogen and oxygen atoms in total. The van der Waals surface area contributed by atoms with Gasteiger partial charge in [0.15, 0.2) is 0 Å². The second kappa shape index (κ2) is 6.42. The number of carbonyl (C=O) groups is 1. The van der Waals surface area contributed by atoms with Crippen LogP contribution in [0.25, 0.3) is 0 Å². The van der Waals surface area contributed by atoms with Crippen molar-refractivity contribution in [2.45, 2.75) is 77.0 Å². The van der Waals surface area contributed by atoms with Gasteiger partial charge in [0.1, 0.15) is 5.78 Å². The summed E-state index contributed by atoms with van der Waals surface area (Å²) in [5.74, 6) is 1.52. The van der Waals surface area contributed by atoms with Crippen molar-refractivity contribution >= 4 is 5.78 Å². The molecule has 1 heteroatoms. The minimum absolute atomic E-state index is 0.443. The van der Waals surface area contributed by atoms with E-state index in [-0.39, 0.29) is 0 Å². The highest BCUT2D eigenvalue weighted by molar-refractivity contribution is 5.84. The second-order valence-corrected chi connectivity index (χ2v) is 5.78. The summed E-state index contributed by atoms with van der Waals surface area (Å²) in [6.45, 7) is 0. The Morgan fingerprint density at radius 1 is 0.562 bits per heavy atom. The molecule has 16 heavy (non-hydrogen) atoms. The fourth-order valence-corrected chi connectivity index (χ4v) is 3.47. The van der Waals surface area contributed by atoms with Crippen LogP contribution in [0.5, 0.6) is 0 Å². The highest BCUT2D eigenvalue weighted by Gasteiger charge is 2.30. The summed E-state index contributed by atoms with van der Waals surface area (Å²) in [6, 6.07) is 0. The summed E-state index contributed by atoms with van der Waals surface area (Å²) in [6.07, 6.45) is 15.6. The molecule has 2 aliphatic carbocycles. The van der Waals surface area contributed by atoms with Gasteiger partial charge in [0.2, 0.25) is 0 Å². The fraction of sp³-hybridized carbons (Fsp3) is 0.933. The molecule has 2 saturated carbocycles. The standard InChI is InChI=1S/C15H26O/c16-15-13-9-6-4-2-1-3-5-7-10-14(15)12-8-11-13/h13-14H,1-12H2/t13-,14+. The molecule has 92 valence electrons. The van der Waals surface area contributed by atoms with Crippen molar-refractivity contribution in [3.05, 3.63) is 0 Å². The molecule has 2 fully saturated rings. The number of hydrogen-bond acceptors (Lipinski definition) is 1. The maximum atomic E-state index is 12.2. The van der Waals surface area contributed by atoms with Crippen molar-refractivity contribution < 1.29 is 4.79 Å². The Morgan fingerprint density at radius 2 is 0.938 bits per heavy atom. The minimum atomic E-state index is 0.443. The lowest BCUT2D eigenvalue weighted by Gasteiger charge is -2.28. The van der Waals surface area contributed by atoms with Gasteiger partial charge in [0.25, 0.3) is 0 Å². The zero-order chi connectivity index (χ0) is 11.2. The Morgan fingerprint density at radius 3 is 1.44 bits per heavy atom. The predicted molar refractivity (Wildman–Crippen MR) is 67.4 cm³/mol. The molecule has 2 rings (SSSR count). The molecular formula is C15H26O. The van der Waals surface area contributed by atoms with E-state index in [9.17, 15) is 4.79 Å². The van der Waals surface area contributed by atoms with Crippen LogP contribution in [0.1, 0.15) is 77.0 Å². The Kier molecular flexibility index (Phi) is 4.87. The number of fused-ring (bicyclic) bond motifs is 2. The third-order valence-corrected chi connectivity index (χ3v) is 4.52. The molecule has 0 aliphatic heterocycles. The van der Waals surface area contributed by atoms with Crippen LogP contribution in [0.4, 0.5) is 0 Å². The Balaban J connectivity index is 1.90. The molecule has 0 aromatic carbocycles. The van der Waals surface area contributed by atoms with Crippen molar-refractivity contribution in [1.82, 2.24) is 0 Å². The molecule has 0 saturated heterocycles. The van der Waals surface area contributed by atoms with Gasteiger partial charge < -0.3 is 0 Å². The fourth-order valence-electron chi connectivity index (χ4n) is 3.47. The first kappa shape index (κ1) is 12.1. The van der Waals surface area contributed by atoms with E-state index >= 15 is 0 Å². The van der Waals surface area contributed by atoms with E-state index in [1.165, 1.54) is 77.0 Å². The molecule has 0 unspecified atom stereocenters. The zero-order valence-corrected chi connectivity index (χ0v) is 10.5. The van der Waals surface area contributed by atoms with Crippen LogP contribution in [0.3, 0.4) is 0 Å². The van der Waals surface area contributed by atoms with E-state index in [1.54, 1.807) is 0 Å². The Hall–Kier alpha value is -0.330. The lowest BCUT2D eigenvalue weighted by Crippen LogP contribution is -2.28. The zero-order valence-electron chi connectivity index (χ0n) is 10.5. The second-order valence-electron chi connectivity index (χ2n) is 5.78. The number of hydrogen-bond donors (Lipinski definition) is 0. The molecule has 0 aromatic heterocycles. The quantitative estimate of drug-likeness (QED) is 0.590. The first-order valence-electron chi connectivity index (χ1n) is 7.41. The van der Waals surface area contributed by atoms with Crippen LogP contribution in [-0.4, -0.2) is 5.78 Å². The molecule has 2 bridgehead atoms. The van der Waals surface area contributed by atoms with Crippen LogP contribution >= 0.6 is 0 Å². The number of carbonyl (C=O) groups excluding carboxylic acids is 1. The van der Waals surface area contributed by atoms with Gasteiger partial charge >= 0.3 is 0 Å². The van der Waals surface area contributed by atoms with Crippen molar-refractivity contribution in [2.24, 2.45) is 11.8 Å². The summed E-state index contributed by atoms with van der Waals surface area (Å²) in [5, 5.41) is 0. The van der Waals surface area contributed by atoms with Gasteiger partial charge in [-0.3, -0.25) is 4.79 Å². The van der Waals surface area contributed by atoms with E-state index in [1.807, 2.05) is 0 Å². The van der Waals surface area contributed by atoms with Crippen LogP contribution in [0, 0.1) is 11.8 Å². The van der Waals surface area contributed by atoms with Gasteiger partial charge in [-0.1, -0.05) is 51.4 Å². The van der Waals surface area contributed by atoms with Gasteiger partial charge in [-0.15, -0.1) is 0 Å². The summed E-state index contributed by atoms with van der Waals surface area (Å²) >= 11 is 0. The average molecular weight is 222 g/mol. The highest BCUT2D eigenvalue weighted by atomic mass is 16.1. The molecular weight excluding hydrogens is 196 g/mol. The van der Waals surface area contributed by atoms with Crippen LogP contribution in [-0.2, 0) is 4.79 Å². The number of rotatable bonds is 0. The third-order valence-electron chi connectivity index (χ3n) is 4.52. The van der Waals surface area contributed by atoms with Crippen LogP contribution < -0.4 is 0 Å². The lowest BCUT2D eigenvalue weighted by atomic mass is 9.75. The lowest BCUT2D eigenvalue weighted by molar-refractivity contribution is -0.129. The summed E-state index contributed by atoms with van der Waals surface area (Å²) in [4.78, 5) is 12.2. The Labute approximate surface area is 100.0 Å². The summed E-state index contributed by atoms with van der Waals surface area (Å²) < 4.78 is 0. The van der Waals surface area contributed by atoms with E-state index in [2.05, 4.69) is 0 Å². The molecule has 0 radical (unpaired) electrons. The Bertz CT molecular complexity index is 201. The van der Waals surface area contributed by atoms with E-state index in [4.69, 9.17) is 0 Å². The van der Waals surface area contributed by atoms with Gasteiger partial charge in [-0.25, -0.2) is 0 Å². The maximum Gasteiger partial charge on any atom is 0.139 e. The molecule has 0 aromatic rings. The van der Waals surface area contributed by atoms with Crippen molar-refractivity contribution in [2.75, 3.05) is 0 Å².